The Morgan fingerprint density at radius 3 is 2.64 bits per heavy atom. The fourth-order valence-electron chi connectivity index (χ4n) is 2.19. The molecule has 0 spiro atoms. The van der Waals surface area contributed by atoms with Crippen LogP contribution in [-0.4, -0.2) is 15.2 Å². The van der Waals surface area contributed by atoms with E-state index < -0.39 is 0 Å². The molecule has 0 saturated heterocycles. The van der Waals surface area contributed by atoms with Crippen LogP contribution in [0, 0.1) is 13.8 Å². The van der Waals surface area contributed by atoms with Gasteiger partial charge in [-0.1, -0.05) is 35.5 Å². The molecule has 4 heteroatoms. The Kier molecular flexibility index (Phi) is 4.49. The van der Waals surface area contributed by atoms with Gasteiger partial charge in [-0.25, -0.2) is 0 Å². The summed E-state index contributed by atoms with van der Waals surface area (Å²) in [6.07, 6.45) is 3.66. The van der Waals surface area contributed by atoms with E-state index in [1.807, 2.05) is 24.4 Å². The zero-order valence-corrected chi connectivity index (χ0v) is 13.5. The molecule has 3 nitrogen and oxygen atoms in total. The average Bonchev–Trinajstić information content (AvgIpc) is 2.57. The third kappa shape index (κ3) is 3.52. The molecular formula is C18H17N3S. The topological polar surface area (TPSA) is 38.7 Å². The summed E-state index contributed by atoms with van der Waals surface area (Å²) in [6, 6.07) is 14.5. The minimum atomic E-state index is 0.853. The fraction of sp³-hybridized carbons (Fsp3) is 0.167. The Balaban J connectivity index is 1.74. The average molecular weight is 307 g/mol. The van der Waals surface area contributed by atoms with Gasteiger partial charge in [-0.15, -0.1) is 10.2 Å². The first kappa shape index (κ1) is 14.7. The molecule has 2 aromatic heterocycles. The van der Waals surface area contributed by atoms with E-state index in [9.17, 15) is 0 Å². The van der Waals surface area contributed by atoms with Crippen LogP contribution in [0.5, 0.6) is 0 Å². The van der Waals surface area contributed by atoms with Gasteiger partial charge < -0.3 is 0 Å². The largest absolute Gasteiger partial charge is 0.264 e. The molecule has 3 aromatic rings. The molecular weight excluding hydrogens is 290 g/mol. The highest BCUT2D eigenvalue weighted by molar-refractivity contribution is 7.98. The van der Waals surface area contributed by atoms with Crippen LogP contribution < -0.4 is 0 Å². The number of nitrogens with zero attached hydrogens (tertiary/aromatic N) is 3. The van der Waals surface area contributed by atoms with Crippen molar-refractivity contribution < 1.29 is 0 Å². The van der Waals surface area contributed by atoms with Crippen molar-refractivity contribution in [3.63, 3.8) is 0 Å². The third-order valence-electron chi connectivity index (χ3n) is 3.42. The van der Waals surface area contributed by atoms with Crippen LogP contribution in [0.1, 0.15) is 16.7 Å². The van der Waals surface area contributed by atoms with Crippen molar-refractivity contribution >= 4 is 11.8 Å². The number of hydrogen-bond donors (Lipinski definition) is 0. The van der Waals surface area contributed by atoms with Gasteiger partial charge >= 0.3 is 0 Å². The number of aryl methyl sites for hydroxylation is 2. The number of thioether (sulfide) groups is 1. The molecule has 0 saturated carbocycles. The van der Waals surface area contributed by atoms with Crippen molar-refractivity contribution in [1.29, 1.82) is 0 Å². The zero-order chi connectivity index (χ0) is 15.4. The molecule has 22 heavy (non-hydrogen) atoms. The van der Waals surface area contributed by atoms with E-state index in [-0.39, 0.29) is 0 Å². The van der Waals surface area contributed by atoms with Gasteiger partial charge in [0.05, 0.1) is 5.69 Å². The van der Waals surface area contributed by atoms with Gasteiger partial charge in [0.2, 0.25) is 0 Å². The normalized spacial score (nSPS) is 10.6. The molecule has 0 unspecified atom stereocenters. The summed E-state index contributed by atoms with van der Waals surface area (Å²) < 4.78 is 0. The molecule has 0 aliphatic carbocycles. The Morgan fingerprint density at radius 1 is 1.00 bits per heavy atom. The van der Waals surface area contributed by atoms with E-state index in [0.717, 1.165) is 22.0 Å². The number of benzene rings is 1. The lowest BCUT2D eigenvalue weighted by atomic mass is 10.0. The zero-order valence-electron chi connectivity index (χ0n) is 12.7. The number of pyridine rings is 1. The maximum atomic E-state index is 4.38. The highest BCUT2D eigenvalue weighted by Gasteiger charge is 2.05. The molecule has 0 atom stereocenters. The molecule has 2 heterocycles. The SMILES string of the molecule is Cc1ccc(C)c(-c2ccc(SCc3cccnc3)nn2)c1. The van der Waals surface area contributed by atoms with E-state index in [0.29, 0.717) is 0 Å². The molecule has 0 amide bonds. The van der Waals surface area contributed by atoms with E-state index in [1.165, 1.54) is 16.7 Å². The van der Waals surface area contributed by atoms with E-state index >= 15 is 0 Å². The van der Waals surface area contributed by atoms with Crippen LogP contribution in [0.15, 0.2) is 59.9 Å². The minimum absolute atomic E-state index is 0.853. The van der Waals surface area contributed by atoms with Gasteiger partial charge in [-0.3, -0.25) is 4.98 Å². The molecule has 3 rings (SSSR count). The van der Waals surface area contributed by atoms with Crippen molar-refractivity contribution in [2.45, 2.75) is 24.6 Å². The summed E-state index contributed by atoms with van der Waals surface area (Å²) in [5, 5.41) is 9.64. The molecule has 1 aromatic carbocycles. The first-order valence-electron chi connectivity index (χ1n) is 7.15. The molecule has 0 radical (unpaired) electrons. The van der Waals surface area contributed by atoms with Crippen molar-refractivity contribution in [3.05, 3.63) is 71.5 Å². The van der Waals surface area contributed by atoms with Crippen LogP contribution >= 0.6 is 11.8 Å². The van der Waals surface area contributed by atoms with Gasteiger partial charge in [-0.05, 0) is 49.2 Å². The predicted octanol–water partition coefficient (Wildman–Crippen LogP) is 4.45. The Hall–Kier alpha value is -2.20. The Labute approximate surface area is 134 Å². The van der Waals surface area contributed by atoms with Gasteiger partial charge in [0.1, 0.15) is 5.03 Å². The number of aromatic nitrogens is 3. The van der Waals surface area contributed by atoms with Gasteiger partial charge in [-0.2, -0.15) is 0 Å². The molecule has 0 fully saturated rings. The second kappa shape index (κ2) is 6.71. The van der Waals surface area contributed by atoms with E-state index in [2.05, 4.69) is 53.3 Å². The standard InChI is InChI=1S/C18H17N3S/c1-13-5-6-14(2)16(10-13)17-7-8-18(21-20-17)22-12-15-4-3-9-19-11-15/h3-11H,12H2,1-2H3. The summed E-state index contributed by atoms with van der Waals surface area (Å²) in [5.74, 6) is 0.853. The van der Waals surface area contributed by atoms with Crippen molar-refractivity contribution in [3.8, 4) is 11.3 Å². The van der Waals surface area contributed by atoms with Crippen LogP contribution in [0.4, 0.5) is 0 Å². The third-order valence-corrected chi connectivity index (χ3v) is 4.41. The van der Waals surface area contributed by atoms with Crippen LogP contribution in [0.25, 0.3) is 11.3 Å². The van der Waals surface area contributed by atoms with Gasteiger partial charge in [0, 0.05) is 23.7 Å². The smallest absolute Gasteiger partial charge is 0.119 e. The summed E-state index contributed by atoms with van der Waals surface area (Å²) >= 11 is 1.67. The minimum Gasteiger partial charge on any atom is -0.264 e. The Morgan fingerprint density at radius 2 is 1.91 bits per heavy atom. The van der Waals surface area contributed by atoms with Crippen LogP contribution in [0.2, 0.25) is 0 Å². The first-order chi connectivity index (χ1) is 10.7. The summed E-state index contributed by atoms with van der Waals surface area (Å²) in [6.45, 7) is 4.19. The molecule has 0 N–H and O–H groups in total. The summed E-state index contributed by atoms with van der Waals surface area (Å²) in [7, 11) is 0. The second-order valence-corrected chi connectivity index (χ2v) is 6.22. The van der Waals surface area contributed by atoms with Crippen LogP contribution in [0.3, 0.4) is 0 Å². The van der Waals surface area contributed by atoms with Crippen molar-refractivity contribution in [1.82, 2.24) is 15.2 Å². The van der Waals surface area contributed by atoms with Crippen LogP contribution in [-0.2, 0) is 5.75 Å². The first-order valence-corrected chi connectivity index (χ1v) is 8.14. The van der Waals surface area contributed by atoms with Crippen molar-refractivity contribution in [2.75, 3.05) is 0 Å². The molecule has 0 aliphatic rings. The lowest BCUT2D eigenvalue weighted by molar-refractivity contribution is 0.934. The quantitative estimate of drug-likeness (QED) is 0.668. The summed E-state index contributed by atoms with van der Waals surface area (Å²) in [5.41, 5.74) is 5.71. The lowest BCUT2D eigenvalue weighted by Gasteiger charge is -2.06. The summed E-state index contributed by atoms with van der Waals surface area (Å²) in [4.78, 5) is 4.12. The van der Waals surface area contributed by atoms with E-state index in [1.54, 1.807) is 18.0 Å². The van der Waals surface area contributed by atoms with Gasteiger partial charge in [0.25, 0.3) is 0 Å². The molecule has 0 aliphatic heterocycles. The maximum Gasteiger partial charge on any atom is 0.119 e. The highest BCUT2D eigenvalue weighted by atomic mass is 32.2. The number of rotatable bonds is 4. The lowest BCUT2D eigenvalue weighted by Crippen LogP contribution is -1.92. The van der Waals surface area contributed by atoms with Crippen molar-refractivity contribution in [2.24, 2.45) is 0 Å². The molecule has 110 valence electrons. The predicted molar refractivity (Wildman–Crippen MR) is 90.7 cm³/mol. The molecule has 0 bridgehead atoms. The highest BCUT2D eigenvalue weighted by Crippen LogP contribution is 2.25. The maximum absolute atomic E-state index is 4.38. The number of hydrogen-bond acceptors (Lipinski definition) is 4. The monoisotopic (exact) mass is 307 g/mol. The van der Waals surface area contributed by atoms with Gasteiger partial charge in [0.15, 0.2) is 0 Å². The fourth-order valence-corrected chi connectivity index (χ4v) is 2.94. The Bertz CT molecular complexity index is 755. The van der Waals surface area contributed by atoms with E-state index in [4.69, 9.17) is 0 Å². The second-order valence-electron chi connectivity index (χ2n) is 5.23.